The number of benzene rings is 1. The molecule has 0 amide bonds. The lowest BCUT2D eigenvalue weighted by atomic mass is 10.3. The second kappa shape index (κ2) is 5.00. The standard InChI is InChI=1S/C9H9NO7S/c1-18(15,16)7-4-2-3-6(9(7)10(13)14)17-5-8(11)12/h2-4H,5H2,1H3,(H,11,12). The molecule has 0 aliphatic heterocycles. The molecule has 0 aromatic heterocycles. The average molecular weight is 275 g/mol. The molecule has 0 saturated heterocycles. The molecule has 0 bridgehead atoms. The minimum atomic E-state index is -3.81. The van der Waals surface area contributed by atoms with Crippen LogP contribution in [-0.2, 0) is 14.6 Å². The van der Waals surface area contributed by atoms with E-state index in [-0.39, 0.29) is 0 Å². The maximum atomic E-state index is 11.4. The minimum absolute atomic E-state index is 0.398. The number of nitro groups is 1. The van der Waals surface area contributed by atoms with Gasteiger partial charge in [-0.1, -0.05) is 6.07 Å². The predicted molar refractivity (Wildman–Crippen MR) is 59.3 cm³/mol. The van der Waals surface area contributed by atoms with Crippen molar-refractivity contribution >= 4 is 21.5 Å². The number of carboxylic acid groups (broad SMARTS) is 1. The van der Waals surface area contributed by atoms with Crippen molar-refractivity contribution < 1.29 is 28.0 Å². The number of ether oxygens (including phenoxy) is 1. The van der Waals surface area contributed by atoms with E-state index in [0.29, 0.717) is 0 Å². The van der Waals surface area contributed by atoms with Crippen molar-refractivity contribution in [3.63, 3.8) is 0 Å². The average Bonchev–Trinajstić information content (AvgIpc) is 2.24. The van der Waals surface area contributed by atoms with Gasteiger partial charge in [0.2, 0.25) is 0 Å². The van der Waals surface area contributed by atoms with Crippen LogP contribution in [0.15, 0.2) is 23.1 Å². The van der Waals surface area contributed by atoms with Gasteiger partial charge in [-0.2, -0.15) is 0 Å². The van der Waals surface area contributed by atoms with Crippen molar-refractivity contribution in [2.24, 2.45) is 0 Å². The van der Waals surface area contributed by atoms with Crippen LogP contribution < -0.4 is 4.74 Å². The summed E-state index contributed by atoms with van der Waals surface area (Å²) in [5.74, 6) is -1.72. The van der Waals surface area contributed by atoms with Crippen LogP contribution in [0, 0.1) is 10.1 Å². The summed E-state index contributed by atoms with van der Waals surface area (Å²) in [6, 6.07) is 3.43. The number of para-hydroxylation sites is 1. The zero-order valence-electron chi connectivity index (χ0n) is 9.19. The highest BCUT2D eigenvalue weighted by atomic mass is 32.2. The Kier molecular flexibility index (Phi) is 3.86. The molecular formula is C9H9NO7S. The van der Waals surface area contributed by atoms with E-state index in [1.165, 1.54) is 6.07 Å². The zero-order valence-corrected chi connectivity index (χ0v) is 10.0. The fourth-order valence-corrected chi connectivity index (χ4v) is 2.09. The van der Waals surface area contributed by atoms with Gasteiger partial charge in [0.25, 0.3) is 0 Å². The Bertz CT molecular complexity index is 593. The molecule has 18 heavy (non-hydrogen) atoms. The van der Waals surface area contributed by atoms with Gasteiger partial charge in [-0.05, 0) is 12.1 Å². The number of carbonyl (C=O) groups is 1. The molecule has 0 fully saturated rings. The quantitative estimate of drug-likeness (QED) is 0.611. The van der Waals surface area contributed by atoms with E-state index >= 15 is 0 Å². The lowest BCUT2D eigenvalue weighted by Crippen LogP contribution is -2.12. The van der Waals surface area contributed by atoms with Crippen LogP contribution in [0.3, 0.4) is 0 Å². The Labute approximate surface area is 102 Å². The first-order chi connectivity index (χ1) is 8.23. The molecule has 1 aromatic rings. The third kappa shape index (κ3) is 3.17. The van der Waals surface area contributed by atoms with Crippen molar-refractivity contribution in [2.45, 2.75) is 4.90 Å². The first-order valence-corrected chi connectivity index (χ1v) is 6.44. The number of aliphatic carboxylic acids is 1. The first-order valence-electron chi connectivity index (χ1n) is 4.55. The summed E-state index contributed by atoms with van der Waals surface area (Å²) in [4.78, 5) is 19.7. The summed E-state index contributed by atoms with van der Waals surface area (Å²) in [7, 11) is -3.81. The predicted octanol–water partition coefficient (Wildman–Crippen LogP) is 0.462. The SMILES string of the molecule is CS(=O)(=O)c1cccc(OCC(=O)O)c1[N+](=O)[O-]. The fraction of sp³-hybridized carbons (Fsp3) is 0.222. The Morgan fingerprint density at radius 3 is 2.56 bits per heavy atom. The van der Waals surface area contributed by atoms with Gasteiger partial charge in [0.15, 0.2) is 22.2 Å². The van der Waals surface area contributed by atoms with Gasteiger partial charge in [-0.15, -0.1) is 0 Å². The molecule has 8 nitrogen and oxygen atoms in total. The minimum Gasteiger partial charge on any atom is -0.479 e. The number of nitro benzene ring substituents is 1. The monoisotopic (exact) mass is 275 g/mol. The largest absolute Gasteiger partial charge is 0.479 e. The summed E-state index contributed by atoms with van der Waals surface area (Å²) in [6.45, 7) is -0.798. The molecule has 1 N–H and O–H groups in total. The van der Waals surface area contributed by atoms with Crippen molar-refractivity contribution in [3.8, 4) is 5.75 Å². The number of carboxylic acids is 1. The van der Waals surface area contributed by atoms with Crippen LogP contribution in [0.1, 0.15) is 0 Å². The van der Waals surface area contributed by atoms with Gasteiger partial charge < -0.3 is 9.84 Å². The van der Waals surface area contributed by atoms with E-state index in [1.807, 2.05) is 0 Å². The molecule has 0 atom stereocenters. The van der Waals surface area contributed by atoms with Crippen LogP contribution in [0.2, 0.25) is 0 Å². The lowest BCUT2D eigenvalue weighted by Gasteiger charge is -2.06. The molecule has 0 unspecified atom stereocenters. The van der Waals surface area contributed by atoms with Gasteiger partial charge in [0, 0.05) is 6.26 Å². The number of hydrogen-bond donors (Lipinski definition) is 1. The second-order valence-corrected chi connectivity index (χ2v) is 5.30. The van der Waals surface area contributed by atoms with E-state index in [4.69, 9.17) is 9.84 Å². The third-order valence-electron chi connectivity index (χ3n) is 1.90. The van der Waals surface area contributed by atoms with Gasteiger partial charge >= 0.3 is 11.7 Å². The number of nitrogens with zero attached hydrogens (tertiary/aromatic N) is 1. The van der Waals surface area contributed by atoms with Gasteiger partial charge in [-0.3, -0.25) is 10.1 Å². The van der Waals surface area contributed by atoms with E-state index in [0.717, 1.165) is 18.4 Å². The molecule has 98 valence electrons. The zero-order chi connectivity index (χ0) is 13.9. The highest BCUT2D eigenvalue weighted by molar-refractivity contribution is 7.90. The summed E-state index contributed by atoms with van der Waals surface area (Å²) < 4.78 is 27.4. The lowest BCUT2D eigenvalue weighted by molar-refractivity contribution is -0.388. The highest BCUT2D eigenvalue weighted by Gasteiger charge is 2.27. The fourth-order valence-electron chi connectivity index (χ4n) is 1.24. The molecule has 9 heteroatoms. The van der Waals surface area contributed by atoms with Crippen molar-refractivity contribution in [1.82, 2.24) is 0 Å². The van der Waals surface area contributed by atoms with E-state index < -0.39 is 43.7 Å². The molecule has 0 aliphatic rings. The van der Waals surface area contributed by atoms with Gasteiger partial charge in [0.1, 0.15) is 4.90 Å². The molecular weight excluding hydrogens is 266 g/mol. The summed E-state index contributed by atoms with van der Waals surface area (Å²) in [5, 5.41) is 19.3. The third-order valence-corrected chi connectivity index (χ3v) is 3.02. The van der Waals surface area contributed by atoms with Gasteiger partial charge in [-0.25, -0.2) is 13.2 Å². The Morgan fingerprint density at radius 2 is 2.11 bits per heavy atom. The van der Waals surface area contributed by atoms with E-state index in [2.05, 4.69) is 0 Å². The number of rotatable bonds is 5. The maximum Gasteiger partial charge on any atom is 0.341 e. The second-order valence-electron chi connectivity index (χ2n) is 3.31. The first kappa shape index (κ1) is 13.9. The normalized spacial score (nSPS) is 10.9. The van der Waals surface area contributed by atoms with Crippen molar-refractivity contribution in [1.29, 1.82) is 0 Å². The smallest absolute Gasteiger partial charge is 0.341 e. The van der Waals surface area contributed by atoms with Crippen LogP contribution in [0.5, 0.6) is 5.75 Å². The topological polar surface area (TPSA) is 124 Å². The van der Waals surface area contributed by atoms with Crippen LogP contribution in [0.4, 0.5) is 5.69 Å². The maximum absolute atomic E-state index is 11.4. The Balaban J connectivity index is 3.36. The number of sulfone groups is 1. The molecule has 0 aliphatic carbocycles. The summed E-state index contributed by atoms with van der Waals surface area (Å²) in [6.07, 6.45) is 0.816. The molecule has 0 spiro atoms. The van der Waals surface area contributed by atoms with Crippen LogP contribution in [0.25, 0.3) is 0 Å². The Morgan fingerprint density at radius 1 is 1.50 bits per heavy atom. The molecule has 1 rings (SSSR count). The van der Waals surface area contributed by atoms with Gasteiger partial charge in [0.05, 0.1) is 4.92 Å². The van der Waals surface area contributed by atoms with Crippen LogP contribution in [-0.4, -0.2) is 37.3 Å². The summed E-state index contributed by atoms with van der Waals surface area (Å²) in [5.41, 5.74) is -0.763. The molecule has 0 radical (unpaired) electrons. The molecule has 0 heterocycles. The van der Waals surface area contributed by atoms with Crippen molar-refractivity contribution in [2.75, 3.05) is 12.9 Å². The van der Waals surface area contributed by atoms with Crippen molar-refractivity contribution in [3.05, 3.63) is 28.3 Å². The molecule has 1 aromatic carbocycles. The number of hydrogen-bond acceptors (Lipinski definition) is 6. The highest BCUT2D eigenvalue weighted by Crippen LogP contribution is 2.33. The van der Waals surface area contributed by atoms with E-state index in [1.54, 1.807) is 0 Å². The molecule has 0 saturated carbocycles. The Hall–Kier alpha value is -2.16. The van der Waals surface area contributed by atoms with E-state index in [9.17, 15) is 23.3 Å². The summed E-state index contributed by atoms with van der Waals surface area (Å²) >= 11 is 0. The van der Waals surface area contributed by atoms with Crippen LogP contribution >= 0.6 is 0 Å².